The van der Waals surface area contributed by atoms with Gasteiger partial charge in [0.1, 0.15) is 10.6 Å². The summed E-state index contributed by atoms with van der Waals surface area (Å²) in [5.74, 6) is 0.395. The number of methoxy groups -OCH3 is 1. The molecule has 32 heavy (non-hydrogen) atoms. The van der Waals surface area contributed by atoms with Crippen LogP contribution < -0.4 is 9.46 Å². The number of rotatable bonds is 6. The van der Waals surface area contributed by atoms with E-state index in [1.54, 1.807) is 35.2 Å². The largest absolute Gasteiger partial charge is 0.497 e. The highest BCUT2D eigenvalue weighted by molar-refractivity contribution is 7.92. The lowest BCUT2D eigenvalue weighted by molar-refractivity contribution is 0.0735. The van der Waals surface area contributed by atoms with E-state index in [2.05, 4.69) is 4.72 Å². The van der Waals surface area contributed by atoms with Crippen molar-refractivity contribution in [1.29, 1.82) is 0 Å². The molecule has 1 heterocycles. The van der Waals surface area contributed by atoms with Gasteiger partial charge in [-0.15, -0.1) is 0 Å². The average molecular weight is 471 g/mol. The van der Waals surface area contributed by atoms with Gasteiger partial charge in [0, 0.05) is 17.8 Å². The van der Waals surface area contributed by atoms with Gasteiger partial charge in [0.05, 0.1) is 18.2 Å². The maximum absolute atomic E-state index is 13.3. The van der Waals surface area contributed by atoms with Crippen molar-refractivity contribution in [3.63, 3.8) is 0 Å². The predicted molar refractivity (Wildman–Crippen MR) is 125 cm³/mol. The van der Waals surface area contributed by atoms with Gasteiger partial charge in [-0.25, -0.2) is 8.42 Å². The van der Waals surface area contributed by atoms with E-state index >= 15 is 0 Å². The highest BCUT2D eigenvalue weighted by Crippen LogP contribution is 2.34. The highest BCUT2D eigenvalue weighted by Gasteiger charge is 2.31. The van der Waals surface area contributed by atoms with Crippen LogP contribution in [0, 0.1) is 0 Å². The summed E-state index contributed by atoms with van der Waals surface area (Å²) < 4.78 is 33.6. The number of carbonyl (C=O) groups excluding carboxylic acids is 1. The van der Waals surface area contributed by atoms with Gasteiger partial charge in [-0.3, -0.25) is 9.52 Å². The Kier molecular flexibility index (Phi) is 6.39. The number of anilines is 1. The number of amides is 1. The second-order valence-electron chi connectivity index (χ2n) is 7.55. The lowest BCUT2D eigenvalue weighted by Gasteiger charge is -2.25. The zero-order valence-electron chi connectivity index (χ0n) is 17.5. The fourth-order valence-corrected chi connectivity index (χ4v) is 5.49. The molecule has 166 valence electrons. The Morgan fingerprint density at radius 3 is 2.47 bits per heavy atom. The van der Waals surface area contributed by atoms with Crippen LogP contribution in [0.4, 0.5) is 5.69 Å². The third kappa shape index (κ3) is 4.59. The summed E-state index contributed by atoms with van der Waals surface area (Å²) in [6.45, 7) is 0.618. The molecule has 0 aliphatic carbocycles. The Morgan fingerprint density at radius 1 is 1.06 bits per heavy atom. The third-order valence-electron chi connectivity index (χ3n) is 5.51. The Balaban J connectivity index is 1.61. The van der Waals surface area contributed by atoms with Gasteiger partial charge in [0.15, 0.2) is 0 Å². The molecule has 0 saturated carbocycles. The van der Waals surface area contributed by atoms with Gasteiger partial charge in [-0.1, -0.05) is 41.9 Å². The second-order valence-corrected chi connectivity index (χ2v) is 9.60. The van der Waals surface area contributed by atoms with Crippen molar-refractivity contribution < 1.29 is 17.9 Å². The third-order valence-corrected chi connectivity index (χ3v) is 7.37. The first-order chi connectivity index (χ1) is 15.4. The molecule has 8 heteroatoms. The Morgan fingerprint density at radius 2 is 1.78 bits per heavy atom. The molecule has 1 saturated heterocycles. The molecule has 0 radical (unpaired) electrons. The van der Waals surface area contributed by atoms with Gasteiger partial charge in [0.25, 0.3) is 15.9 Å². The molecular weight excluding hydrogens is 448 g/mol. The minimum absolute atomic E-state index is 0.0307. The standard InChI is InChI=1S/C24H23ClN2O4S/c1-31-20-12-10-19(11-13-20)26-32(29,30)23-16-18(9-14-21(23)25)24(28)27-15-5-8-22(27)17-6-3-2-4-7-17/h2-4,6-7,9-14,16,22,26H,5,8,15H2,1H3. The number of benzene rings is 3. The molecule has 1 N–H and O–H groups in total. The molecule has 0 bridgehead atoms. The van der Waals surface area contributed by atoms with Crippen LogP contribution in [0.3, 0.4) is 0 Å². The first-order valence-electron chi connectivity index (χ1n) is 10.2. The van der Waals surface area contributed by atoms with Crippen molar-refractivity contribution in [2.75, 3.05) is 18.4 Å². The Bertz CT molecular complexity index is 1210. The van der Waals surface area contributed by atoms with Crippen molar-refractivity contribution in [3.05, 3.63) is 88.9 Å². The molecule has 1 aliphatic rings. The van der Waals surface area contributed by atoms with Crippen LogP contribution in [0.25, 0.3) is 0 Å². The molecule has 1 aliphatic heterocycles. The van der Waals surface area contributed by atoms with E-state index in [0.29, 0.717) is 18.0 Å². The number of hydrogen-bond acceptors (Lipinski definition) is 4. The summed E-state index contributed by atoms with van der Waals surface area (Å²) in [7, 11) is -2.47. The van der Waals surface area contributed by atoms with Crippen molar-refractivity contribution >= 4 is 33.2 Å². The van der Waals surface area contributed by atoms with Gasteiger partial charge in [0.2, 0.25) is 0 Å². The molecule has 0 aromatic heterocycles. The Hall–Kier alpha value is -3.03. The molecule has 3 aromatic rings. The van der Waals surface area contributed by atoms with Crippen LogP contribution >= 0.6 is 11.6 Å². The number of halogens is 1. The average Bonchev–Trinajstić information content (AvgIpc) is 3.29. The van der Waals surface area contributed by atoms with Crippen LogP contribution in [0.5, 0.6) is 5.75 Å². The topological polar surface area (TPSA) is 75.7 Å². The van der Waals surface area contributed by atoms with E-state index in [4.69, 9.17) is 16.3 Å². The monoisotopic (exact) mass is 470 g/mol. The second kappa shape index (κ2) is 9.22. The van der Waals surface area contributed by atoms with E-state index in [9.17, 15) is 13.2 Å². The molecule has 1 fully saturated rings. The van der Waals surface area contributed by atoms with Gasteiger partial charge in [-0.2, -0.15) is 0 Å². The van der Waals surface area contributed by atoms with Crippen molar-refractivity contribution in [2.45, 2.75) is 23.8 Å². The summed E-state index contributed by atoms with van der Waals surface area (Å²) in [5.41, 5.74) is 1.72. The molecule has 1 amide bonds. The number of nitrogens with zero attached hydrogens (tertiary/aromatic N) is 1. The lowest BCUT2D eigenvalue weighted by Crippen LogP contribution is -2.30. The van der Waals surface area contributed by atoms with E-state index in [1.165, 1.54) is 19.2 Å². The van der Waals surface area contributed by atoms with E-state index in [0.717, 1.165) is 18.4 Å². The maximum atomic E-state index is 13.3. The number of ether oxygens (including phenoxy) is 1. The van der Waals surface area contributed by atoms with E-state index < -0.39 is 10.0 Å². The summed E-state index contributed by atoms with van der Waals surface area (Å²) >= 11 is 6.22. The fraction of sp³-hybridized carbons (Fsp3) is 0.208. The van der Waals surface area contributed by atoms with E-state index in [1.807, 2.05) is 30.3 Å². The maximum Gasteiger partial charge on any atom is 0.263 e. The number of sulfonamides is 1. The van der Waals surface area contributed by atoms with Crippen LogP contribution in [0.1, 0.15) is 34.8 Å². The van der Waals surface area contributed by atoms with Crippen LogP contribution in [0.15, 0.2) is 77.7 Å². The quantitative estimate of drug-likeness (QED) is 0.542. The van der Waals surface area contributed by atoms with Crippen molar-refractivity contribution in [3.8, 4) is 5.75 Å². The number of hydrogen-bond donors (Lipinski definition) is 1. The zero-order chi connectivity index (χ0) is 22.7. The molecule has 6 nitrogen and oxygen atoms in total. The minimum Gasteiger partial charge on any atom is -0.497 e. The normalized spacial score (nSPS) is 16.1. The first kappa shape index (κ1) is 22.2. The lowest BCUT2D eigenvalue weighted by atomic mass is 10.0. The highest BCUT2D eigenvalue weighted by atomic mass is 35.5. The van der Waals surface area contributed by atoms with Crippen molar-refractivity contribution in [2.24, 2.45) is 0 Å². The molecular formula is C24H23ClN2O4S. The minimum atomic E-state index is -4.00. The van der Waals surface area contributed by atoms with Crippen molar-refractivity contribution in [1.82, 2.24) is 4.90 Å². The summed E-state index contributed by atoms with van der Waals surface area (Å²) in [4.78, 5) is 15.0. The fourth-order valence-electron chi connectivity index (χ4n) is 3.91. The number of likely N-dealkylation sites (tertiary alicyclic amines) is 1. The van der Waals surface area contributed by atoms with Crippen LogP contribution in [0.2, 0.25) is 5.02 Å². The first-order valence-corrected chi connectivity index (χ1v) is 12.1. The summed E-state index contributed by atoms with van der Waals surface area (Å²) in [5, 5.41) is 0.0450. The SMILES string of the molecule is COc1ccc(NS(=O)(=O)c2cc(C(=O)N3CCCC3c3ccccc3)ccc2Cl)cc1. The summed E-state index contributed by atoms with van der Waals surface area (Å²) in [6, 6.07) is 20.7. The molecule has 0 spiro atoms. The predicted octanol–water partition coefficient (Wildman–Crippen LogP) is 5.13. The molecule has 1 atom stereocenters. The summed E-state index contributed by atoms with van der Waals surface area (Å²) in [6.07, 6.45) is 1.76. The molecule has 3 aromatic carbocycles. The molecule has 1 unspecified atom stereocenters. The number of nitrogens with one attached hydrogen (secondary N) is 1. The molecule has 4 rings (SSSR count). The van der Waals surface area contributed by atoms with Gasteiger partial charge < -0.3 is 9.64 Å². The smallest absolute Gasteiger partial charge is 0.263 e. The Labute approximate surface area is 192 Å². The van der Waals surface area contributed by atoms with Gasteiger partial charge in [-0.05, 0) is 60.9 Å². The van der Waals surface area contributed by atoms with Crippen LogP contribution in [-0.4, -0.2) is 32.9 Å². The van der Waals surface area contributed by atoms with E-state index in [-0.39, 0.29) is 27.4 Å². The zero-order valence-corrected chi connectivity index (χ0v) is 19.1. The van der Waals surface area contributed by atoms with Gasteiger partial charge >= 0.3 is 0 Å². The number of carbonyl (C=O) groups is 1. The van der Waals surface area contributed by atoms with Crippen LogP contribution in [-0.2, 0) is 10.0 Å².